The molecule has 8 heteroatoms. The van der Waals surface area contributed by atoms with E-state index in [0.29, 0.717) is 18.5 Å². The molecule has 0 aromatic carbocycles. The molecule has 0 amide bonds. The van der Waals surface area contributed by atoms with Crippen molar-refractivity contribution in [3.8, 4) is 5.88 Å². The minimum atomic E-state index is 0. The zero-order valence-corrected chi connectivity index (χ0v) is 20.8. The lowest BCUT2D eigenvalue weighted by Gasteiger charge is -2.33. The molecule has 7 nitrogen and oxygen atoms in total. The van der Waals surface area contributed by atoms with Gasteiger partial charge < -0.3 is 25.0 Å². The number of nitrogens with zero attached hydrogens (tertiary/aromatic N) is 3. The van der Waals surface area contributed by atoms with Crippen LogP contribution in [0.4, 0.5) is 0 Å². The first-order chi connectivity index (χ1) is 14.3. The molecule has 1 aliphatic heterocycles. The number of nitrogens with one attached hydrogen (secondary N) is 2. The first-order valence-corrected chi connectivity index (χ1v) is 11.1. The summed E-state index contributed by atoms with van der Waals surface area (Å²) in [5.41, 5.74) is 1.12. The Morgan fingerprint density at radius 2 is 2.07 bits per heavy atom. The summed E-state index contributed by atoms with van der Waals surface area (Å²) in [5.74, 6) is 2.33. The van der Waals surface area contributed by atoms with E-state index in [-0.39, 0.29) is 24.0 Å². The normalized spacial score (nSPS) is 18.0. The SMILES string of the molecule is CCNC(=NCc1ccnc(OCC2CC2)c1)NC1CCN(CCCOC)CC1.I. The lowest BCUT2D eigenvalue weighted by atomic mass is 10.1. The molecule has 0 unspecified atom stereocenters. The number of pyridine rings is 1. The topological polar surface area (TPSA) is 71.0 Å². The van der Waals surface area contributed by atoms with Crippen molar-refractivity contribution in [2.75, 3.05) is 46.5 Å². The number of rotatable bonds is 11. The molecule has 3 rings (SSSR count). The van der Waals surface area contributed by atoms with E-state index < -0.39 is 0 Å². The van der Waals surface area contributed by atoms with E-state index in [1.165, 1.54) is 12.8 Å². The molecule has 0 bridgehead atoms. The summed E-state index contributed by atoms with van der Waals surface area (Å²) in [6, 6.07) is 4.49. The number of hydrogen-bond acceptors (Lipinski definition) is 5. The van der Waals surface area contributed by atoms with E-state index in [4.69, 9.17) is 14.5 Å². The Labute approximate surface area is 198 Å². The summed E-state index contributed by atoms with van der Waals surface area (Å²) in [6.07, 6.45) is 7.78. The van der Waals surface area contributed by atoms with Crippen molar-refractivity contribution in [2.45, 2.75) is 51.6 Å². The Hall–Kier alpha value is -1.13. The van der Waals surface area contributed by atoms with E-state index in [1.54, 1.807) is 7.11 Å². The number of ether oxygens (including phenoxy) is 2. The Morgan fingerprint density at radius 3 is 2.77 bits per heavy atom. The summed E-state index contributed by atoms with van der Waals surface area (Å²) in [7, 11) is 1.77. The molecular formula is C22H38IN5O2. The van der Waals surface area contributed by atoms with Crippen molar-refractivity contribution >= 4 is 29.9 Å². The number of halogens is 1. The molecular weight excluding hydrogens is 493 g/mol. The molecule has 1 aromatic rings. The molecule has 170 valence electrons. The fraction of sp³-hybridized carbons (Fsp3) is 0.727. The third-order valence-electron chi connectivity index (χ3n) is 5.48. The fourth-order valence-electron chi connectivity index (χ4n) is 3.53. The van der Waals surface area contributed by atoms with Gasteiger partial charge in [0.2, 0.25) is 5.88 Å². The maximum absolute atomic E-state index is 5.79. The molecule has 0 atom stereocenters. The molecule has 1 saturated carbocycles. The predicted molar refractivity (Wildman–Crippen MR) is 132 cm³/mol. The molecule has 2 aliphatic rings. The molecule has 1 saturated heterocycles. The van der Waals surface area contributed by atoms with E-state index >= 15 is 0 Å². The van der Waals surface area contributed by atoms with Crippen molar-refractivity contribution in [1.82, 2.24) is 20.5 Å². The van der Waals surface area contributed by atoms with Gasteiger partial charge in [0, 0.05) is 58.2 Å². The quantitative estimate of drug-likeness (QED) is 0.198. The summed E-state index contributed by atoms with van der Waals surface area (Å²) >= 11 is 0. The summed E-state index contributed by atoms with van der Waals surface area (Å²) in [6.45, 7) is 8.60. The van der Waals surface area contributed by atoms with Gasteiger partial charge in [0.15, 0.2) is 5.96 Å². The van der Waals surface area contributed by atoms with Crippen molar-refractivity contribution in [3.05, 3.63) is 23.9 Å². The van der Waals surface area contributed by atoms with Gasteiger partial charge in [0.05, 0.1) is 13.2 Å². The second-order valence-electron chi connectivity index (χ2n) is 8.06. The van der Waals surface area contributed by atoms with Crippen LogP contribution in [0.5, 0.6) is 5.88 Å². The van der Waals surface area contributed by atoms with E-state index in [1.807, 2.05) is 18.3 Å². The second kappa shape index (κ2) is 14.0. The minimum Gasteiger partial charge on any atom is -0.477 e. The highest BCUT2D eigenvalue weighted by atomic mass is 127. The largest absolute Gasteiger partial charge is 0.477 e. The van der Waals surface area contributed by atoms with Crippen LogP contribution in [0.2, 0.25) is 0 Å². The lowest BCUT2D eigenvalue weighted by molar-refractivity contribution is 0.155. The molecule has 30 heavy (non-hydrogen) atoms. The van der Waals surface area contributed by atoms with Gasteiger partial charge in [-0.15, -0.1) is 24.0 Å². The molecule has 1 aliphatic carbocycles. The maximum Gasteiger partial charge on any atom is 0.213 e. The van der Waals surface area contributed by atoms with Crippen LogP contribution in [-0.4, -0.2) is 68.4 Å². The highest BCUT2D eigenvalue weighted by Gasteiger charge is 2.22. The van der Waals surface area contributed by atoms with Crippen LogP contribution < -0.4 is 15.4 Å². The molecule has 1 aromatic heterocycles. The van der Waals surface area contributed by atoms with Crippen molar-refractivity contribution < 1.29 is 9.47 Å². The highest BCUT2D eigenvalue weighted by Crippen LogP contribution is 2.29. The molecule has 0 radical (unpaired) electrons. The Bertz CT molecular complexity index is 634. The molecule has 2 N–H and O–H groups in total. The number of guanidine groups is 1. The Balaban J connectivity index is 0.00000320. The van der Waals surface area contributed by atoms with Crippen LogP contribution in [0, 0.1) is 5.92 Å². The third-order valence-corrected chi connectivity index (χ3v) is 5.48. The first kappa shape index (κ1) is 25.1. The van der Waals surface area contributed by atoms with Crippen LogP contribution >= 0.6 is 24.0 Å². The standard InChI is InChI=1S/C22H37N5O2.HI/c1-3-23-22(26-20-8-12-27(13-9-20)11-4-14-28-2)25-16-19-7-10-24-21(15-19)29-17-18-5-6-18;/h7,10,15,18,20H,3-6,8-9,11-14,16-17H2,1-2H3,(H2,23,25,26);1H. The Morgan fingerprint density at radius 1 is 1.27 bits per heavy atom. The molecule has 0 spiro atoms. The van der Waals surface area contributed by atoms with Gasteiger partial charge in [0.1, 0.15) is 0 Å². The predicted octanol–water partition coefficient (Wildman–Crippen LogP) is 3.04. The van der Waals surface area contributed by atoms with Gasteiger partial charge in [-0.05, 0) is 56.6 Å². The average Bonchev–Trinajstić information content (AvgIpc) is 3.57. The van der Waals surface area contributed by atoms with E-state index in [0.717, 1.165) is 76.1 Å². The van der Waals surface area contributed by atoms with Crippen LogP contribution in [0.15, 0.2) is 23.3 Å². The minimum absolute atomic E-state index is 0. The number of likely N-dealkylation sites (tertiary alicyclic amines) is 1. The van der Waals surface area contributed by atoms with Gasteiger partial charge in [-0.1, -0.05) is 0 Å². The van der Waals surface area contributed by atoms with E-state index in [9.17, 15) is 0 Å². The van der Waals surface area contributed by atoms with Crippen LogP contribution in [0.25, 0.3) is 0 Å². The molecule has 2 fully saturated rings. The van der Waals surface area contributed by atoms with Gasteiger partial charge in [-0.25, -0.2) is 9.98 Å². The fourth-order valence-corrected chi connectivity index (χ4v) is 3.53. The van der Waals surface area contributed by atoms with Gasteiger partial charge >= 0.3 is 0 Å². The number of methoxy groups -OCH3 is 1. The van der Waals surface area contributed by atoms with Crippen molar-refractivity contribution in [1.29, 1.82) is 0 Å². The zero-order valence-electron chi connectivity index (χ0n) is 18.4. The van der Waals surface area contributed by atoms with Gasteiger partial charge in [-0.2, -0.15) is 0 Å². The van der Waals surface area contributed by atoms with E-state index in [2.05, 4.69) is 27.4 Å². The van der Waals surface area contributed by atoms with Gasteiger partial charge in [-0.3, -0.25) is 0 Å². The smallest absolute Gasteiger partial charge is 0.213 e. The zero-order chi connectivity index (χ0) is 20.3. The van der Waals surface area contributed by atoms with Crippen molar-refractivity contribution in [2.24, 2.45) is 10.9 Å². The summed E-state index contributed by atoms with van der Waals surface area (Å²) < 4.78 is 10.9. The number of aliphatic imine (C=N–C) groups is 1. The number of aromatic nitrogens is 1. The second-order valence-corrected chi connectivity index (χ2v) is 8.06. The number of hydrogen-bond donors (Lipinski definition) is 2. The van der Waals surface area contributed by atoms with Crippen LogP contribution in [-0.2, 0) is 11.3 Å². The number of piperidine rings is 1. The van der Waals surface area contributed by atoms with Crippen LogP contribution in [0.1, 0.15) is 44.6 Å². The van der Waals surface area contributed by atoms with Gasteiger partial charge in [0.25, 0.3) is 0 Å². The summed E-state index contributed by atoms with van der Waals surface area (Å²) in [4.78, 5) is 11.6. The van der Waals surface area contributed by atoms with Crippen molar-refractivity contribution in [3.63, 3.8) is 0 Å². The molecule has 2 heterocycles. The lowest BCUT2D eigenvalue weighted by Crippen LogP contribution is -2.48. The maximum atomic E-state index is 5.79. The summed E-state index contributed by atoms with van der Waals surface area (Å²) in [5, 5.41) is 7.00. The average molecular weight is 531 g/mol. The third kappa shape index (κ3) is 9.34. The first-order valence-electron chi connectivity index (χ1n) is 11.1. The van der Waals surface area contributed by atoms with Crippen LogP contribution in [0.3, 0.4) is 0 Å². The Kier molecular flexibility index (Phi) is 11.8. The highest BCUT2D eigenvalue weighted by molar-refractivity contribution is 14.0. The monoisotopic (exact) mass is 531 g/mol.